The third kappa shape index (κ3) is 1.88. The first-order valence-electron chi connectivity index (χ1n) is 4.79. The van der Waals surface area contributed by atoms with Gasteiger partial charge in [0.05, 0.1) is 0 Å². The molecular formula is C11H11N3O2. The van der Waals surface area contributed by atoms with Crippen LogP contribution in [0.1, 0.15) is 0 Å². The zero-order valence-corrected chi connectivity index (χ0v) is 8.73. The van der Waals surface area contributed by atoms with Crippen LogP contribution >= 0.6 is 0 Å². The average molecular weight is 217 g/mol. The molecule has 0 unspecified atom stereocenters. The van der Waals surface area contributed by atoms with Gasteiger partial charge in [0.2, 0.25) is 0 Å². The number of nitrogens with zero attached hydrogens (tertiary/aromatic N) is 1. The number of aromatic nitrogens is 2. The van der Waals surface area contributed by atoms with Crippen LogP contribution < -0.4 is 16.1 Å². The topological polar surface area (TPSA) is 69.0 Å². The zero-order valence-electron chi connectivity index (χ0n) is 8.73. The summed E-state index contributed by atoms with van der Waals surface area (Å²) < 4.78 is 0. The number of hydrogen-bond donors (Lipinski definition) is 2. The summed E-state index contributed by atoms with van der Waals surface area (Å²) in [6.07, 6.45) is 1.40. The molecule has 0 amide bonds. The molecule has 0 atom stereocenters. The first kappa shape index (κ1) is 10.2. The van der Waals surface area contributed by atoms with Crippen LogP contribution in [-0.2, 0) is 0 Å². The molecular weight excluding hydrogens is 206 g/mol. The number of hydrogen-bond acceptors (Lipinski definition) is 3. The van der Waals surface area contributed by atoms with E-state index in [0.717, 1.165) is 5.69 Å². The first-order valence-corrected chi connectivity index (χ1v) is 4.79. The first-order chi connectivity index (χ1) is 7.68. The van der Waals surface area contributed by atoms with Gasteiger partial charge in [-0.05, 0) is 12.1 Å². The number of aromatic amines is 2. The second-order valence-corrected chi connectivity index (χ2v) is 3.35. The molecule has 5 heteroatoms. The van der Waals surface area contributed by atoms with Gasteiger partial charge in [-0.1, -0.05) is 18.2 Å². The molecule has 2 aromatic rings. The number of nitrogens with one attached hydrogen (secondary N) is 2. The lowest BCUT2D eigenvalue weighted by Gasteiger charge is -2.17. The van der Waals surface area contributed by atoms with Gasteiger partial charge in [-0.15, -0.1) is 0 Å². The highest BCUT2D eigenvalue weighted by molar-refractivity contribution is 5.60. The third-order valence-corrected chi connectivity index (χ3v) is 2.30. The second-order valence-electron chi connectivity index (χ2n) is 3.35. The Bertz CT molecular complexity index is 586. The molecule has 0 aliphatic heterocycles. The lowest BCUT2D eigenvalue weighted by molar-refractivity contribution is 1.01. The monoisotopic (exact) mass is 217 g/mol. The Hall–Kier alpha value is -2.30. The van der Waals surface area contributed by atoms with Crippen molar-refractivity contribution < 1.29 is 0 Å². The van der Waals surface area contributed by atoms with Crippen LogP contribution in [0.25, 0.3) is 0 Å². The molecule has 0 fully saturated rings. The van der Waals surface area contributed by atoms with Crippen molar-refractivity contribution in [1.82, 2.24) is 9.97 Å². The van der Waals surface area contributed by atoms with Gasteiger partial charge < -0.3 is 9.88 Å². The predicted octanol–water partition coefficient (Wildman–Crippen LogP) is 0.831. The van der Waals surface area contributed by atoms with E-state index in [-0.39, 0.29) is 0 Å². The van der Waals surface area contributed by atoms with Gasteiger partial charge in [-0.25, -0.2) is 4.79 Å². The van der Waals surface area contributed by atoms with Crippen molar-refractivity contribution in [2.75, 3.05) is 11.9 Å². The van der Waals surface area contributed by atoms with Crippen LogP contribution in [0.4, 0.5) is 11.4 Å². The molecule has 0 saturated heterocycles. The molecule has 0 aliphatic rings. The maximum absolute atomic E-state index is 11.5. The van der Waals surface area contributed by atoms with Gasteiger partial charge in [0, 0.05) is 18.9 Å². The van der Waals surface area contributed by atoms with Gasteiger partial charge in [-0.2, -0.15) is 0 Å². The smallest absolute Gasteiger partial charge is 0.325 e. The summed E-state index contributed by atoms with van der Waals surface area (Å²) in [5, 5.41) is 0. The maximum atomic E-state index is 11.5. The molecule has 0 aliphatic carbocycles. The van der Waals surface area contributed by atoms with Crippen LogP contribution in [0.2, 0.25) is 0 Å². The van der Waals surface area contributed by atoms with E-state index in [1.165, 1.54) is 6.20 Å². The molecule has 0 saturated carbocycles. The Kier molecular flexibility index (Phi) is 2.59. The van der Waals surface area contributed by atoms with E-state index in [4.69, 9.17) is 0 Å². The number of para-hydroxylation sites is 1. The minimum absolute atomic E-state index is 0.394. The molecule has 16 heavy (non-hydrogen) atoms. The van der Waals surface area contributed by atoms with Crippen LogP contribution in [0.5, 0.6) is 0 Å². The fourth-order valence-electron chi connectivity index (χ4n) is 1.44. The summed E-state index contributed by atoms with van der Waals surface area (Å²) in [4.78, 5) is 28.7. The van der Waals surface area contributed by atoms with Crippen LogP contribution in [0.3, 0.4) is 0 Å². The van der Waals surface area contributed by atoms with E-state index < -0.39 is 11.2 Å². The largest absolute Gasteiger partial charge is 0.339 e. The van der Waals surface area contributed by atoms with E-state index >= 15 is 0 Å². The summed E-state index contributed by atoms with van der Waals surface area (Å²) in [7, 11) is 1.76. The van der Waals surface area contributed by atoms with Crippen molar-refractivity contribution >= 4 is 11.4 Å². The SMILES string of the molecule is CN(c1ccccc1)c1c[nH]c(=O)[nH]c1=O. The molecule has 0 bridgehead atoms. The summed E-state index contributed by atoms with van der Waals surface area (Å²) >= 11 is 0. The molecule has 2 rings (SSSR count). The fourth-order valence-corrected chi connectivity index (χ4v) is 1.44. The molecule has 0 spiro atoms. The quantitative estimate of drug-likeness (QED) is 0.782. The Balaban J connectivity index is 2.46. The van der Waals surface area contributed by atoms with Gasteiger partial charge in [0.25, 0.3) is 5.56 Å². The Morgan fingerprint density at radius 1 is 1.12 bits per heavy atom. The molecule has 1 heterocycles. The van der Waals surface area contributed by atoms with E-state index in [2.05, 4.69) is 9.97 Å². The van der Waals surface area contributed by atoms with Crippen LogP contribution in [0.15, 0.2) is 46.1 Å². The van der Waals surface area contributed by atoms with Gasteiger partial charge in [0.1, 0.15) is 5.69 Å². The Morgan fingerprint density at radius 2 is 1.81 bits per heavy atom. The van der Waals surface area contributed by atoms with Gasteiger partial charge >= 0.3 is 5.69 Å². The third-order valence-electron chi connectivity index (χ3n) is 2.30. The fraction of sp³-hybridized carbons (Fsp3) is 0.0909. The number of H-pyrrole nitrogens is 2. The maximum Gasteiger partial charge on any atom is 0.325 e. The lowest BCUT2D eigenvalue weighted by atomic mass is 10.3. The highest BCUT2D eigenvalue weighted by Crippen LogP contribution is 2.17. The minimum Gasteiger partial charge on any atom is -0.339 e. The molecule has 1 aromatic carbocycles. The zero-order chi connectivity index (χ0) is 11.5. The van der Waals surface area contributed by atoms with Gasteiger partial charge in [0.15, 0.2) is 0 Å². The second kappa shape index (κ2) is 4.06. The van der Waals surface area contributed by atoms with Gasteiger partial charge in [-0.3, -0.25) is 9.78 Å². The molecule has 5 nitrogen and oxygen atoms in total. The molecule has 0 radical (unpaired) electrons. The summed E-state index contributed by atoms with van der Waals surface area (Å²) in [6.45, 7) is 0. The highest BCUT2D eigenvalue weighted by atomic mass is 16.2. The van der Waals surface area contributed by atoms with Crippen molar-refractivity contribution in [1.29, 1.82) is 0 Å². The summed E-state index contributed by atoms with van der Waals surface area (Å²) in [6, 6.07) is 9.42. The van der Waals surface area contributed by atoms with E-state index in [9.17, 15) is 9.59 Å². The molecule has 2 N–H and O–H groups in total. The molecule has 82 valence electrons. The molecule has 1 aromatic heterocycles. The Labute approximate surface area is 91.4 Å². The van der Waals surface area contributed by atoms with Crippen molar-refractivity contribution in [3.05, 3.63) is 57.4 Å². The van der Waals surface area contributed by atoms with Crippen molar-refractivity contribution in [2.45, 2.75) is 0 Å². The highest BCUT2D eigenvalue weighted by Gasteiger charge is 2.07. The van der Waals surface area contributed by atoms with E-state index in [0.29, 0.717) is 5.69 Å². The van der Waals surface area contributed by atoms with Crippen molar-refractivity contribution in [3.8, 4) is 0 Å². The van der Waals surface area contributed by atoms with Crippen molar-refractivity contribution in [3.63, 3.8) is 0 Å². The minimum atomic E-state index is -0.504. The van der Waals surface area contributed by atoms with E-state index in [1.54, 1.807) is 11.9 Å². The summed E-state index contributed by atoms with van der Waals surface area (Å²) in [5.74, 6) is 0. The standard InChI is InChI=1S/C11H11N3O2/c1-14(8-5-3-2-4-6-8)9-7-12-11(16)13-10(9)15/h2-7H,1H3,(H2,12,13,15,16). The van der Waals surface area contributed by atoms with Crippen LogP contribution in [-0.4, -0.2) is 17.0 Å². The number of benzene rings is 1. The predicted molar refractivity (Wildman–Crippen MR) is 62.2 cm³/mol. The average Bonchev–Trinajstić information content (AvgIpc) is 2.29. The summed E-state index contributed by atoms with van der Waals surface area (Å²) in [5.41, 5.74) is 0.358. The van der Waals surface area contributed by atoms with Crippen LogP contribution in [0, 0.1) is 0 Å². The number of rotatable bonds is 2. The van der Waals surface area contributed by atoms with E-state index in [1.807, 2.05) is 30.3 Å². The lowest BCUT2D eigenvalue weighted by Crippen LogP contribution is -2.27. The van der Waals surface area contributed by atoms with Crippen molar-refractivity contribution in [2.24, 2.45) is 0 Å². The number of anilines is 2. The Morgan fingerprint density at radius 3 is 2.44 bits per heavy atom. The normalized spacial score (nSPS) is 10.1.